The summed E-state index contributed by atoms with van der Waals surface area (Å²) in [6, 6.07) is 36.5. The molecular weight excluding hydrogens is 556 g/mol. The third kappa shape index (κ3) is 9.74. The largest absolute Gasteiger partial charge is 0.380 e. The molecule has 2 heteroatoms. The molecule has 4 aromatic carbocycles. The van der Waals surface area contributed by atoms with Gasteiger partial charge < -0.3 is 10.6 Å². The van der Waals surface area contributed by atoms with Crippen LogP contribution in [0.5, 0.6) is 0 Å². The van der Waals surface area contributed by atoms with Gasteiger partial charge in [0.05, 0.1) is 12.1 Å². The molecule has 2 atom stereocenters. The molecule has 0 aliphatic carbocycles. The van der Waals surface area contributed by atoms with Crippen molar-refractivity contribution in [2.75, 3.05) is 10.6 Å². The zero-order valence-electron chi connectivity index (χ0n) is 30.8. The molecule has 0 aliphatic rings. The maximum absolute atomic E-state index is 4.12. The quantitative estimate of drug-likeness (QED) is 0.195. The van der Waals surface area contributed by atoms with Crippen LogP contribution in [-0.2, 0) is 34.5 Å². The monoisotopic (exact) mass is 616 g/mol. The SMILES string of the molecule is CC(C)(C)c1cc(N[C@@H](Cc2ccccc2)[C@H](Cc2ccccc2)Nc2cc(C(C)(C)C)cc(C(C)(C)C)c2)cc(C(C)(C)C)c1. The van der Waals surface area contributed by atoms with Crippen molar-refractivity contribution in [3.05, 3.63) is 130 Å². The van der Waals surface area contributed by atoms with Crippen LogP contribution in [-0.4, -0.2) is 12.1 Å². The van der Waals surface area contributed by atoms with Crippen LogP contribution in [0.4, 0.5) is 11.4 Å². The first-order valence-corrected chi connectivity index (χ1v) is 17.2. The summed E-state index contributed by atoms with van der Waals surface area (Å²) >= 11 is 0. The van der Waals surface area contributed by atoms with Crippen LogP contribution < -0.4 is 10.6 Å². The highest BCUT2D eigenvalue weighted by Gasteiger charge is 2.27. The molecule has 246 valence electrons. The maximum Gasteiger partial charge on any atom is 0.0506 e. The Morgan fingerprint density at radius 3 is 0.891 bits per heavy atom. The predicted molar refractivity (Wildman–Crippen MR) is 203 cm³/mol. The number of rotatable bonds is 9. The molecule has 0 bridgehead atoms. The highest BCUT2D eigenvalue weighted by molar-refractivity contribution is 5.56. The summed E-state index contributed by atoms with van der Waals surface area (Å²) in [7, 11) is 0. The molecule has 2 N–H and O–H groups in total. The molecular formula is C44H60N2. The van der Waals surface area contributed by atoms with Gasteiger partial charge in [-0.1, -0.05) is 156 Å². The van der Waals surface area contributed by atoms with E-state index < -0.39 is 0 Å². The van der Waals surface area contributed by atoms with E-state index in [1.54, 1.807) is 0 Å². The lowest BCUT2D eigenvalue weighted by atomic mass is 9.80. The number of nitrogens with one attached hydrogen (secondary N) is 2. The zero-order chi connectivity index (χ0) is 33.9. The van der Waals surface area contributed by atoms with E-state index in [4.69, 9.17) is 0 Å². The van der Waals surface area contributed by atoms with Crippen LogP contribution in [0.1, 0.15) is 116 Å². The first-order valence-electron chi connectivity index (χ1n) is 17.2. The molecule has 0 heterocycles. The molecule has 0 radical (unpaired) electrons. The minimum atomic E-state index is 0.0467. The Morgan fingerprint density at radius 2 is 0.652 bits per heavy atom. The summed E-state index contributed by atoms with van der Waals surface area (Å²) in [6.45, 7) is 27.8. The fourth-order valence-electron chi connectivity index (χ4n) is 5.91. The second-order valence-corrected chi connectivity index (χ2v) is 17.5. The Morgan fingerprint density at radius 1 is 0.391 bits per heavy atom. The van der Waals surface area contributed by atoms with Crippen LogP contribution in [0.2, 0.25) is 0 Å². The summed E-state index contributed by atoms with van der Waals surface area (Å²) in [5.74, 6) is 0. The molecule has 0 saturated heterocycles. The van der Waals surface area contributed by atoms with E-state index in [9.17, 15) is 0 Å². The van der Waals surface area contributed by atoms with E-state index in [0.717, 1.165) is 12.8 Å². The van der Waals surface area contributed by atoms with Gasteiger partial charge in [-0.3, -0.25) is 0 Å². The van der Waals surface area contributed by atoms with Crippen molar-refractivity contribution in [2.24, 2.45) is 0 Å². The summed E-state index contributed by atoms with van der Waals surface area (Å²) in [6.07, 6.45) is 1.81. The maximum atomic E-state index is 4.12. The molecule has 0 unspecified atom stereocenters. The predicted octanol–water partition coefficient (Wildman–Crippen LogP) is 11.6. The molecule has 4 aromatic rings. The van der Waals surface area contributed by atoms with Gasteiger partial charge in [0.25, 0.3) is 0 Å². The molecule has 46 heavy (non-hydrogen) atoms. The normalized spacial score (nSPS) is 14.1. The van der Waals surface area contributed by atoms with Gasteiger partial charge in [0, 0.05) is 11.4 Å². The average molecular weight is 617 g/mol. The lowest BCUT2D eigenvalue weighted by Gasteiger charge is -2.34. The van der Waals surface area contributed by atoms with Gasteiger partial charge in [-0.05, 0) is 92.1 Å². The molecule has 0 spiro atoms. The van der Waals surface area contributed by atoms with E-state index in [1.165, 1.54) is 44.8 Å². The summed E-state index contributed by atoms with van der Waals surface area (Å²) in [5, 5.41) is 8.24. The first-order chi connectivity index (χ1) is 21.3. The van der Waals surface area contributed by atoms with E-state index in [0.29, 0.717) is 0 Å². The van der Waals surface area contributed by atoms with Crippen molar-refractivity contribution in [3.8, 4) is 0 Å². The van der Waals surface area contributed by atoms with Gasteiger partial charge in [0.1, 0.15) is 0 Å². The van der Waals surface area contributed by atoms with Gasteiger partial charge in [-0.25, -0.2) is 0 Å². The molecule has 0 saturated carbocycles. The van der Waals surface area contributed by atoms with Gasteiger partial charge in [-0.2, -0.15) is 0 Å². The first kappa shape index (κ1) is 35.3. The van der Waals surface area contributed by atoms with Gasteiger partial charge in [-0.15, -0.1) is 0 Å². The summed E-state index contributed by atoms with van der Waals surface area (Å²) in [4.78, 5) is 0. The molecule has 0 fully saturated rings. The van der Waals surface area contributed by atoms with Crippen LogP contribution >= 0.6 is 0 Å². The second kappa shape index (κ2) is 13.7. The summed E-state index contributed by atoms with van der Waals surface area (Å²) < 4.78 is 0. The fraction of sp³-hybridized carbons (Fsp3) is 0.455. The van der Waals surface area contributed by atoms with E-state index in [2.05, 4.69) is 191 Å². The molecule has 2 nitrogen and oxygen atoms in total. The minimum absolute atomic E-state index is 0.0467. The molecule has 0 aliphatic heterocycles. The number of benzene rings is 4. The molecule has 0 amide bonds. The smallest absolute Gasteiger partial charge is 0.0506 e. The third-order valence-corrected chi connectivity index (χ3v) is 9.12. The highest BCUT2D eigenvalue weighted by atomic mass is 15.0. The van der Waals surface area contributed by atoms with E-state index in [1.807, 2.05) is 0 Å². The van der Waals surface area contributed by atoms with E-state index in [-0.39, 0.29) is 33.7 Å². The summed E-state index contributed by atoms with van der Waals surface area (Å²) in [5.41, 5.74) is 10.7. The molecule has 0 aromatic heterocycles. The lowest BCUT2D eigenvalue weighted by Crippen LogP contribution is -2.42. The van der Waals surface area contributed by atoms with Crippen LogP contribution in [0.15, 0.2) is 97.1 Å². The minimum Gasteiger partial charge on any atom is -0.380 e. The lowest BCUT2D eigenvalue weighted by molar-refractivity contribution is 0.561. The molecule has 4 rings (SSSR count). The number of hydrogen-bond acceptors (Lipinski definition) is 2. The zero-order valence-corrected chi connectivity index (χ0v) is 30.8. The van der Waals surface area contributed by atoms with Crippen molar-refractivity contribution >= 4 is 11.4 Å². The highest BCUT2D eigenvalue weighted by Crippen LogP contribution is 2.35. The Bertz CT molecular complexity index is 1370. The van der Waals surface area contributed by atoms with Gasteiger partial charge in [0.15, 0.2) is 0 Å². The second-order valence-electron chi connectivity index (χ2n) is 17.5. The van der Waals surface area contributed by atoms with Gasteiger partial charge >= 0.3 is 0 Å². The number of hydrogen-bond donors (Lipinski definition) is 2. The standard InChI is InChI=1S/C44H60N2/c1-41(2,3)33-25-34(42(4,5)6)28-37(27-33)45-39(23-31-19-15-13-16-20-31)40(24-32-21-17-14-18-22-32)46-38-29-35(43(7,8)9)26-36(30-38)44(10,11)12/h13-22,25-30,39-40,45-46H,23-24H2,1-12H3/t39-,40-/m0/s1. The average Bonchev–Trinajstić information content (AvgIpc) is 2.95. The topological polar surface area (TPSA) is 24.1 Å². The van der Waals surface area contributed by atoms with E-state index >= 15 is 0 Å². The Balaban J connectivity index is 1.86. The van der Waals surface area contributed by atoms with Crippen molar-refractivity contribution in [2.45, 2.75) is 130 Å². The fourth-order valence-corrected chi connectivity index (χ4v) is 5.91. The Kier molecular flexibility index (Phi) is 10.5. The Hall–Kier alpha value is -3.52. The Labute approximate surface area is 281 Å². The van der Waals surface area contributed by atoms with Crippen LogP contribution in [0.25, 0.3) is 0 Å². The third-order valence-electron chi connectivity index (χ3n) is 9.12. The van der Waals surface area contributed by atoms with Crippen molar-refractivity contribution in [1.82, 2.24) is 0 Å². The van der Waals surface area contributed by atoms with Crippen molar-refractivity contribution < 1.29 is 0 Å². The van der Waals surface area contributed by atoms with Crippen molar-refractivity contribution in [3.63, 3.8) is 0 Å². The number of anilines is 2. The van der Waals surface area contributed by atoms with Gasteiger partial charge in [0.2, 0.25) is 0 Å². The van der Waals surface area contributed by atoms with Crippen LogP contribution in [0.3, 0.4) is 0 Å². The van der Waals surface area contributed by atoms with Crippen molar-refractivity contribution in [1.29, 1.82) is 0 Å². The van der Waals surface area contributed by atoms with Crippen LogP contribution in [0, 0.1) is 0 Å².